The molecule has 0 saturated carbocycles. The summed E-state index contributed by atoms with van der Waals surface area (Å²) in [6.45, 7) is 0.763. The van der Waals surface area contributed by atoms with Gasteiger partial charge in [0.1, 0.15) is 10.6 Å². The largest absolute Gasteiger partial charge is 0.382 e. The lowest BCUT2D eigenvalue weighted by atomic mass is 9.78. The maximum absolute atomic E-state index is 11.3. The molecule has 0 aliphatic heterocycles. The van der Waals surface area contributed by atoms with E-state index < -0.39 is 5.91 Å². The fourth-order valence-electron chi connectivity index (χ4n) is 2.42. The Bertz CT molecular complexity index is 637. The molecule has 0 fully saturated rings. The first kappa shape index (κ1) is 12.0. The standard InChI is InChI=1S/C13H14N4OS/c14-11-10(12(15)18)13(19-17-11)16-6-8-5-7-3-1-2-4-9(7)8/h1-4,8,16H,5-6H2,(H2,14,17)(H2,15,18). The highest BCUT2D eigenvalue weighted by Gasteiger charge is 2.26. The predicted molar refractivity (Wildman–Crippen MR) is 76.4 cm³/mol. The number of carbonyl (C=O) groups is 1. The first-order chi connectivity index (χ1) is 9.16. The van der Waals surface area contributed by atoms with Gasteiger partial charge in [0.05, 0.1) is 0 Å². The summed E-state index contributed by atoms with van der Waals surface area (Å²) in [6, 6.07) is 8.38. The van der Waals surface area contributed by atoms with E-state index in [1.54, 1.807) is 0 Å². The van der Waals surface area contributed by atoms with Crippen LogP contribution in [0.5, 0.6) is 0 Å². The number of fused-ring (bicyclic) bond motifs is 1. The average molecular weight is 274 g/mol. The first-order valence-electron chi connectivity index (χ1n) is 6.03. The van der Waals surface area contributed by atoms with Gasteiger partial charge in [-0.05, 0) is 29.1 Å². The van der Waals surface area contributed by atoms with Gasteiger partial charge in [-0.2, -0.15) is 4.37 Å². The number of aromatic nitrogens is 1. The Morgan fingerprint density at radius 3 is 3.00 bits per heavy atom. The summed E-state index contributed by atoms with van der Waals surface area (Å²) >= 11 is 1.18. The Morgan fingerprint density at radius 2 is 2.26 bits per heavy atom. The minimum Gasteiger partial charge on any atom is -0.382 e. The average Bonchev–Trinajstić information content (AvgIpc) is 2.72. The minimum absolute atomic E-state index is 0.203. The van der Waals surface area contributed by atoms with Gasteiger partial charge >= 0.3 is 0 Å². The van der Waals surface area contributed by atoms with E-state index in [1.807, 2.05) is 6.07 Å². The molecule has 1 amide bonds. The van der Waals surface area contributed by atoms with Gasteiger partial charge < -0.3 is 16.8 Å². The molecule has 19 heavy (non-hydrogen) atoms. The van der Waals surface area contributed by atoms with Crippen LogP contribution in [0.25, 0.3) is 0 Å². The molecule has 1 unspecified atom stereocenters. The van der Waals surface area contributed by atoms with Gasteiger partial charge in [0.15, 0.2) is 5.82 Å². The Kier molecular flexibility index (Phi) is 2.87. The summed E-state index contributed by atoms with van der Waals surface area (Å²) < 4.78 is 3.96. The molecule has 0 radical (unpaired) electrons. The van der Waals surface area contributed by atoms with Gasteiger partial charge in [0.25, 0.3) is 5.91 Å². The number of hydrogen-bond acceptors (Lipinski definition) is 5. The predicted octanol–water partition coefficient (Wildman–Crippen LogP) is 1.58. The van der Waals surface area contributed by atoms with Crippen LogP contribution in [0.1, 0.15) is 27.4 Å². The van der Waals surface area contributed by atoms with Gasteiger partial charge in [-0.25, -0.2) is 0 Å². The second kappa shape index (κ2) is 4.55. The fourth-order valence-corrected chi connectivity index (χ4v) is 3.15. The van der Waals surface area contributed by atoms with Crippen molar-refractivity contribution in [3.63, 3.8) is 0 Å². The molecule has 1 atom stereocenters. The van der Waals surface area contributed by atoms with Crippen LogP contribution in [-0.2, 0) is 6.42 Å². The maximum atomic E-state index is 11.3. The van der Waals surface area contributed by atoms with Gasteiger partial charge in [0, 0.05) is 12.5 Å². The second-order valence-electron chi connectivity index (χ2n) is 4.62. The number of primary amides is 1. The van der Waals surface area contributed by atoms with E-state index in [9.17, 15) is 4.79 Å². The third-order valence-corrected chi connectivity index (χ3v) is 4.25. The Hall–Kier alpha value is -2.08. The molecule has 1 aliphatic carbocycles. The third kappa shape index (κ3) is 2.04. The number of nitrogens with one attached hydrogen (secondary N) is 1. The van der Waals surface area contributed by atoms with E-state index in [4.69, 9.17) is 11.5 Å². The molecule has 6 heteroatoms. The summed E-state index contributed by atoms with van der Waals surface area (Å²) in [4.78, 5) is 11.3. The summed E-state index contributed by atoms with van der Waals surface area (Å²) in [5, 5.41) is 3.89. The number of nitrogen functional groups attached to an aromatic ring is 1. The van der Waals surface area contributed by atoms with Gasteiger partial charge in [0.2, 0.25) is 0 Å². The number of benzene rings is 1. The first-order valence-corrected chi connectivity index (χ1v) is 6.80. The number of nitrogens with zero attached hydrogens (tertiary/aromatic N) is 1. The van der Waals surface area contributed by atoms with E-state index in [2.05, 4.69) is 27.9 Å². The molecule has 1 aliphatic rings. The minimum atomic E-state index is -0.539. The summed E-state index contributed by atoms with van der Waals surface area (Å²) in [7, 11) is 0. The monoisotopic (exact) mass is 274 g/mol. The molecule has 1 aromatic carbocycles. The van der Waals surface area contributed by atoms with E-state index in [0.717, 1.165) is 13.0 Å². The van der Waals surface area contributed by atoms with Crippen LogP contribution in [0, 0.1) is 0 Å². The molecule has 98 valence electrons. The van der Waals surface area contributed by atoms with Crippen molar-refractivity contribution in [3.8, 4) is 0 Å². The number of anilines is 2. The lowest BCUT2D eigenvalue weighted by Gasteiger charge is -2.30. The molecule has 1 aromatic heterocycles. The van der Waals surface area contributed by atoms with E-state index >= 15 is 0 Å². The Balaban J connectivity index is 1.70. The Labute approximate surface area is 114 Å². The van der Waals surface area contributed by atoms with Crippen LogP contribution in [0.15, 0.2) is 24.3 Å². The zero-order chi connectivity index (χ0) is 13.4. The van der Waals surface area contributed by atoms with Gasteiger partial charge in [-0.1, -0.05) is 24.3 Å². The van der Waals surface area contributed by atoms with Crippen LogP contribution in [-0.4, -0.2) is 16.8 Å². The maximum Gasteiger partial charge on any atom is 0.255 e. The van der Waals surface area contributed by atoms with Crippen LogP contribution >= 0.6 is 11.5 Å². The summed E-state index contributed by atoms with van der Waals surface area (Å²) in [5.74, 6) is 0.136. The zero-order valence-corrected chi connectivity index (χ0v) is 11.0. The zero-order valence-electron chi connectivity index (χ0n) is 10.2. The molecule has 0 saturated heterocycles. The lowest BCUT2D eigenvalue weighted by molar-refractivity contribution is 0.100. The van der Waals surface area contributed by atoms with Crippen LogP contribution < -0.4 is 16.8 Å². The van der Waals surface area contributed by atoms with Gasteiger partial charge in [-0.15, -0.1) is 0 Å². The number of hydrogen-bond donors (Lipinski definition) is 3. The van der Waals surface area contributed by atoms with Crippen molar-refractivity contribution in [2.24, 2.45) is 5.73 Å². The molecule has 3 rings (SSSR count). The quantitative estimate of drug-likeness (QED) is 0.789. The number of rotatable bonds is 4. The van der Waals surface area contributed by atoms with Crippen molar-refractivity contribution in [1.82, 2.24) is 4.37 Å². The van der Waals surface area contributed by atoms with Crippen LogP contribution in [0.4, 0.5) is 10.8 Å². The molecule has 5 nitrogen and oxygen atoms in total. The van der Waals surface area contributed by atoms with Crippen molar-refractivity contribution < 1.29 is 4.79 Å². The third-order valence-electron chi connectivity index (χ3n) is 3.44. The van der Waals surface area contributed by atoms with Crippen molar-refractivity contribution in [2.75, 3.05) is 17.6 Å². The molecule has 5 N–H and O–H groups in total. The lowest BCUT2D eigenvalue weighted by Crippen LogP contribution is -2.24. The smallest absolute Gasteiger partial charge is 0.255 e. The number of amides is 1. The molecule has 0 bridgehead atoms. The second-order valence-corrected chi connectivity index (χ2v) is 5.39. The van der Waals surface area contributed by atoms with E-state index in [-0.39, 0.29) is 5.82 Å². The van der Waals surface area contributed by atoms with Crippen molar-refractivity contribution in [2.45, 2.75) is 12.3 Å². The van der Waals surface area contributed by atoms with E-state index in [0.29, 0.717) is 16.5 Å². The highest BCUT2D eigenvalue weighted by molar-refractivity contribution is 7.11. The van der Waals surface area contributed by atoms with Crippen molar-refractivity contribution in [3.05, 3.63) is 41.0 Å². The fraction of sp³-hybridized carbons (Fsp3) is 0.231. The SMILES string of the molecule is NC(=O)c1c(N)nsc1NCC1Cc2ccccc21. The summed E-state index contributed by atoms with van der Waals surface area (Å²) in [6.07, 6.45) is 1.06. The van der Waals surface area contributed by atoms with Crippen molar-refractivity contribution >= 4 is 28.3 Å². The van der Waals surface area contributed by atoms with E-state index in [1.165, 1.54) is 22.7 Å². The molecule has 2 aromatic rings. The normalized spacial score (nSPS) is 16.5. The molecule has 1 heterocycles. The van der Waals surface area contributed by atoms with Crippen LogP contribution in [0.3, 0.4) is 0 Å². The molecule has 0 spiro atoms. The Morgan fingerprint density at radius 1 is 1.47 bits per heavy atom. The highest BCUT2D eigenvalue weighted by Crippen LogP contribution is 2.35. The topological polar surface area (TPSA) is 94.0 Å². The number of nitrogens with two attached hydrogens (primary N) is 2. The summed E-state index contributed by atoms with van der Waals surface area (Å²) in [5.41, 5.74) is 14.0. The van der Waals surface area contributed by atoms with Crippen LogP contribution in [0.2, 0.25) is 0 Å². The number of carbonyl (C=O) groups excluding carboxylic acids is 1. The highest BCUT2D eigenvalue weighted by atomic mass is 32.1. The van der Waals surface area contributed by atoms with Gasteiger partial charge in [-0.3, -0.25) is 4.79 Å². The molecular weight excluding hydrogens is 260 g/mol. The van der Waals surface area contributed by atoms with Crippen molar-refractivity contribution in [1.29, 1.82) is 0 Å². The molecular formula is C13H14N4OS.